The Hall–Kier alpha value is -0.0551. The third-order valence-corrected chi connectivity index (χ3v) is 5.20. The lowest BCUT2D eigenvalue weighted by Gasteiger charge is -2.53. The summed E-state index contributed by atoms with van der Waals surface area (Å²) in [6, 6.07) is 0.347. The van der Waals surface area contributed by atoms with Gasteiger partial charge in [-0.2, -0.15) is 0 Å². The molecule has 1 heterocycles. The number of nitrogens with two attached hydrogens (primary N) is 1. The Morgan fingerprint density at radius 1 is 1.32 bits per heavy atom. The fraction of sp³-hybridized carbons (Fsp3) is 1.00. The normalized spacial score (nSPS) is 44.2. The van der Waals surface area contributed by atoms with Crippen molar-refractivity contribution in [1.82, 2.24) is 4.90 Å². The van der Waals surface area contributed by atoms with Crippen molar-refractivity contribution in [3.05, 3.63) is 0 Å². The van der Waals surface area contributed by atoms with Crippen molar-refractivity contribution in [2.24, 2.45) is 17.1 Å². The molecule has 3 N–H and O–H groups in total. The third kappa shape index (κ3) is 3.17. The summed E-state index contributed by atoms with van der Waals surface area (Å²) in [6.45, 7) is 7.54. The highest BCUT2D eigenvalue weighted by Gasteiger charge is 2.46. The lowest BCUT2D eigenvalue weighted by molar-refractivity contribution is -0.0921. The van der Waals surface area contributed by atoms with Gasteiger partial charge >= 0.3 is 0 Å². The summed E-state index contributed by atoms with van der Waals surface area (Å²) in [5.74, 6) is 0.301. The van der Waals surface area contributed by atoms with Crippen LogP contribution in [0.25, 0.3) is 0 Å². The minimum Gasteiger partial charge on any atom is -0.378 e. The van der Waals surface area contributed by atoms with Crippen molar-refractivity contribution >= 4 is 7.85 Å². The third-order valence-electron chi connectivity index (χ3n) is 5.20. The van der Waals surface area contributed by atoms with Crippen molar-refractivity contribution in [1.29, 1.82) is 0 Å². The highest BCUT2D eigenvalue weighted by atomic mass is 16.3. The van der Waals surface area contributed by atoms with Gasteiger partial charge in [0.2, 0.25) is 0 Å². The highest BCUT2D eigenvalue weighted by molar-refractivity contribution is 6.15. The van der Waals surface area contributed by atoms with E-state index >= 15 is 0 Å². The predicted molar refractivity (Wildman–Crippen MR) is 79.8 cm³/mol. The predicted octanol–water partition coefficient (Wildman–Crippen LogP) is 1.83. The summed E-state index contributed by atoms with van der Waals surface area (Å²) in [6.07, 6.45) is 5.78. The largest absolute Gasteiger partial charge is 0.378 e. The van der Waals surface area contributed by atoms with E-state index in [2.05, 4.69) is 25.7 Å². The van der Waals surface area contributed by atoms with E-state index in [-0.39, 0.29) is 11.6 Å². The van der Waals surface area contributed by atoms with E-state index < -0.39 is 5.44 Å². The van der Waals surface area contributed by atoms with E-state index in [1.807, 2.05) is 0 Å². The molecule has 0 bridgehead atoms. The second-order valence-electron chi connectivity index (χ2n) is 7.41. The van der Waals surface area contributed by atoms with Crippen LogP contribution in [0.3, 0.4) is 0 Å². The van der Waals surface area contributed by atoms with Crippen molar-refractivity contribution in [2.45, 2.75) is 77.0 Å². The fourth-order valence-corrected chi connectivity index (χ4v) is 4.42. The molecule has 108 valence electrons. The zero-order chi connectivity index (χ0) is 14.3. The summed E-state index contributed by atoms with van der Waals surface area (Å²) >= 11 is 0. The quantitative estimate of drug-likeness (QED) is 0.710. The zero-order valence-electron chi connectivity index (χ0n) is 12.7. The molecule has 1 saturated carbocycles. The standard InChI is InChI=1S/C15H29BN2O/c1-4-18-12-6-5-9-14(2,3)10-15(16,17)11(12)7-8-13(18)19/h11-13,19H,4-10,17H2,1-3H3. The van der Waals surface area contributed by atoms with Gasteiger partial charge in [-0.05, 0) is 55.4 Å². The minimum absolute atomic E-state index is 0.224. The Balaban J connectivity index is 2.24. The van der Waals surface area contributed by atoms with E-state index in [0.29, 0.717) is 12.0 Å². The van der Waals surface area contributed by atoms with E-state index in [1.54, 1.807) is 0 Å². The number of likely N-dealkylation sites (tertiary alicyclic amines) is 1. The van der Waals surface area contributed by atoms with Crippen LogP contribution in [0.15, 0.2) is 0 Å². The summed E-state index contributed by atoms with van der Waals surface area (Å²) in [4.78, 5) is 2.21. The van der Waals surface area contributed by atoms with E-state index in [0.717, 1.165) is 32.2 Å². The summed E-state index contributed by atoms with van der Waals surface area (Å²) in [7, 11) is 6.51. The zero-order valence-corrected chi connectivity index (χ0v) is 12.7. The van der Waals surface area contributed by atoms with Crippen LogP contribution >= 0.6 is 0 Å². The smallest absolute Gasteiger partial charge is 0.107 e. The van der Waals surface area contributed by atoms with Gasteiger partial charge in [-0.3, -0.25) is 4.90 Å². The lowest BCUT2D eigenvalue weighted by Crippen LogP contribution is -2.63. The van der Waals surface area contributed by atoms with Gasteiger partial charge in [0.15, 0.2) is 0 Å². The monoisotopic (exact) mass is 264 g/mol. The van der Waals surface area contributed by atoms with Crippen molar-refractivity contribution in [3.8, 4) is 0 Å². The first kappa shape index (κ1) is 15.3. The van der Waals surface area contributed by atoms with Gasteiger partial charge in [-0.15, -0.1) is 0 Å². The molecule has 4 heteroatoms. The summed E-state index contributed by atoms with van der Waals surface area (Å²) in [5.41, 5.74) is 6.12. The first-order valence-electron chi connectivity index (χ1n) is 7.78. The fourth-order valence-electron chi connectivity index (χ4n) is 4.42. The number of piperidine rings is 1. The summed E-state index contributed by atoms with van der Waals surface area (Å²) < 4.78 is 0. The molecule has 0 aromatic carbocycles. The maximum absolute atomic E-state index is 10.2. The number of aliphatic hydroxyl groups excluding tert-OH is 1. The number of hydrogen-bond acceptors (Lipinski definition) is 3. The van der Waals surface area contributed by atoms with Crippen LogP contribution < -0.4 is 5.73 Å². The van der Waals surface area contributed by atoms with Gasteiger partial charge in [0.1, 0.15) is 6.23 Å². The first-order chi connectivity index (χ1) is 8.77. The van der Waals surface area contributed by atoms with Crippen LogP contribution in [-0.2, 0) is 0 Å². The van der Waals surface area contributed by atoms with E-state index in [4.69, 9.17) is 13.6 Å². The average Bonchev–Trinajstić information content (AvgIpc) is 2.25. The molecule has 19 heavy (non-hydrogen) atoms. The molecule has 4 atom stereocenters. The Kier molecular flexibility index (Phi) is 4.34. The number of hydrogen-bond donors (Lipinski definition) is 2. The average molecular weight is 264 g/mol. The molecule has 0 spiro atoms. The van der Waals surface area contributed by atoms with Gasteiger partial charge in [-0.1, -0.05) is 27.2 Å². The molecule has 2 aliphatic rings. The molecule has 0 aromatic heterocycles. The molecule has 0 amide bonds. The van der Waals surface area contributed by atoms with Crippen LogP contribution in [0.5, 0.6) is 0 Å². The first-order valence-corrected chi connectivity index (χ1v) is 7.78. The molecule has 0 aromatic rings. The summed E-state index contributed by atoms with van der Waals surface area (Å²) in [5, 5.41) is 10.2. The van der Waals surface area contributed by atoms with Gasteiger partial charge in [-0.25, -0.2) is 0 Å². The van der Waals surface area contributed by atoms with Crippen LogP contribution in [0.1, 0.15) is 59.3 Å². The molecule has 4 unspecified atom stereocenters. The van der Waals surface area contributed by atoms with Gasteiger partial charge < -0.3 is 10.8 Å². The molecular weight excluding hydrogens is 235 g/mol. The van der Waals surface area contributed by atoms with Crippen molar-refractivity contribution in [2.75, 3.05) is 6.54 Å². The van der Waals surface area contributed by atoms with Crippen LogP contribution in [0, 0.1) is 11.3 Å². The van der Waals surface area contributed by atoms with Gasteiger partial charge in [0.25, 0.3) is 0 Å². The van der Waals surface area contributed by atoms with Gasteiger partial charge in [0, 0.05) is 6.04 Å². The Morgan fingerprint density at radius 2 is 2.00 bits per heavy atom. The Morgan fingerprint density at radius 3 is 2.63 bits per heavy atom. The molecule has 1 aliphatic carbocycles. The van der Waals surface area contributed by atoms with E-state index in [9.17, 15) is 5.11 Å². The molecule has 3 nitrogen and oxygen atoms in total. The molecule has 2 radical (unpaired) electrons. The van der Waals surface area contributed by atoms with E-state index in [1.165, 1.54) is 12.8 Å². The molecular formula is C15H29BN2O. The SMILES string of the molecule is [B]C1(N)CC(C)(C)CCCC2C1CCC(O)N2CC. The van der Waals surface area contributed by atoms with Crippen LogP contribution in [0.2, 0.25) is 0 Å². The van der Waals surface area contributed by atoms with Crippen LogP contribution in [-0.4, -0.2) is 42.1 Å². The second-order valence-corrected chi connectivity index (χ2v) is 7.41. The number of fused-ring (bicyclic) bond motifs is 1. The number of rotatable bonds is 1. The molecule has 1 aliphatic heterocycles. The molecule has 1 saturated heterocycles. The maximum Gasteiger partial charge on any atom is 0.107 e. The van der Waals surface area contributed by atoms with Gasteiger partial charge in [0.05, 0.1) is 7.85 Å². The maximum atomic E-state index is 10.2. The number of aliphatic hydroxyl groups is 1. The topological polar surface area (TPSA) is 49.5 Å². The second kappa shape index (κ2) is 5.38. The molecule has 2 rings (SSSR count). The Labute approximate surface area is 119 Å². The number of nitrogens with zero attached hydrogens (tertiary/aromatic N) is 1. The van der Waals surface area contributed by atoms with Crippen molar-refractivity contribution < 1.29 is 5.11 Å². The highest BCUT2D eigenvalue weighted by Crippen LogP contribution is 2.43. The lowest BCUT2D eigenvalue weighted by atomic mass is 9.55. The van der Waals surface area contributed by atoms with Crippen molar-refractivity contribution in [3.63, 3.8) is 0 Å². The molecule has 2 fully saturated rings. The van der Waals surface area contributed by atoms with Crippen LogP contribution in [0.4, 0.5) is 0 Å². The Bertz CT molecular complexity index is 319. The minimum atomic E-state index is -0.609.